The summed E-state index contributed by atoms with van der Waals surface area (Å²) < 4.78 is 39.5. The first-order valence-electron chi connectivity index (χ1n) is 7.95. The first-order valence-corrected chi connectivity index (χ1v) is 9.60. The van der Waals surface area contributed by atoms with E-state index in [0.717, 1.165) is 18.9 Å². The summed E-state index contributed by atoms with van der Waals surface area (Å²) in [5.41, 5.74) is -0.767. The molecule has 0 saturated heterocycles. The second-order valence-corrected chi connectivity index (χ2v) is 8.21. The van der Waals surface area contributed by atoms with Crippen LogP contribution in [0.4, 0.5) is 10.1 Å². The molecule has 0 heterocycles. The van der Waals surface area contributed by atoms with Crippen molar-refractivity contribution >= 4 is 21.6 Å². The number of carbonyl (C=O) groups is 1. The van der Waals surface area contributed by atoms with Crippen LogP contribution in [0.1, 0.15) is 32.6 Å². The number of carbonyl (C=O) groups excluding carboxylic acids is 1. The molecule has 1 aliphatic carbocycles. The summed E-state index contributed by atoms with van der Waals surface area (Å²) >= 11 is 0. The molecule has 0 radical (unpaired) electrons. The predicted octanol–water partition coefficient (Wildman–Crippen LogP) is 1.62. The largest absolute Gasteiger partial charge is 0.388 e. The number of hydrogen-bond acceptors (Lipinski definition) is 4. The van der Waals surface area contributed by atoms with Crippen molar-refractivity contribution in [3.05, 3.63) is 30.1 Å². The number of halogens is 1. The van der Waals surface area contributed by atoms with Crippen LogP contribution in [0.15, 0.2) is 24.3 Å². The number of rotatable bonds is 7. The fourth-order valence-corrected chi connectivity index (χ4v) is 4.19. The van der Waals surface area contributed by atoms with Crippen LogP contribution in [0.5, 0.6) is 0 Å². The Bertz CT molecular complexity index is 687. The van der Waals surface area contributed by atoms with Gasteiger partial charge < -0.3 is 10.4 Å². The van der Waals surface area contributed by atoms with E-state index < -0.39 is 39.0 Å². The molecule has 3 N–H and O–H groups in total. The zero-order chi connectivity index (χ0) is 17.8. The zero-order valence-corrected chi connectivity index (χ0v) is 14.4. The predicted molar refractivity (Wildman–Crippen MR) is 89.4 cm³/mol. The minimum atomic E-state index is -3.79. The average molecular weight is 358 g/mol. The van der Waals surface area contributed by atoms with Crippen molar-refractivity contribution < 1.29 is 22.7 Å². The molecular weight excluding hydrogens is 335 g/mol. The van der Waals surface area contributed by atoms with Gasteiger partial charge in [-0.2, -0.15) is 0 Å². The second-order valence-electron chi connectivity index (χ2n) is 6.44. The molecule has 1 amide bonds. The summed E-state index contributed by atoms with van der Waals surface area (Å²) in [5, 5.41) is 12.8. The van der Waals surface area contributed by atoms with Gasteiger partial charge in [0.1, 0.15) is 5.82 Å². The van der Waals surface area contributed by atoms with Crippen LogP contribution in [0.3, 0.4) is 0 Å². The van der Waals surface area contributed by atoms with Gasteiger partial charge in [-0.25, -0.2) is 12.8 Å². The Balaban J connectivity index is 1.87. The first-order chi connectivity index (χ1) is 11.2. The lowest BCUT2D eigenvalue weighted by Gasteiger charge is -2.23. The molecule has 0 aromatic heterocycles. The van der Waals surface area contributed by atoms with Gasteiger partial charge in [-0.05, 0) is 31.0 Å². The molecule has 1 saturated carbocycles. The van der Waals surface area contributed by atoms with Gasteiger partial charge in [0.25, 0.3) is 0 Å². The number of anilines is 1. The van der Waals surface area contributed by atoms with E-state index in [1.807, 2.05) is 0 Å². The van der Waals surface area contributed by atoms with Gasteiger partial charge in [-0.15, -0.1) is 0 Å². The van der Waals surface area contributed by atoms with Crippen molar-refractivity contribution in [2.45, 2.75) is 38.2 Å². The maximum Gasteiger partial charge on any atom is 0.233 e. The van der Waals surface area contributed by atoms with Crippen molar-refractivity contribution in [2.75, 3.05) is 17.0 Å². The van der Waals surface area contributed by atoms with Crippen LogP contribution in [0.2, 0.25) is 0 Å². The molecule has 8 heteroatoms. The average Bonchev–Trinajstić information content (AvgIpc) is 2.91. The van der Waals surface area contributed by atoms with Gasteiger partial charge >= 0.3 is 0 Å². The van der Waals surface area contributed by atoms with Crippen LogP contribution < -0.4 is 10.0 Å². The Labute approximate surface area is 141 Å². The molecule has 134 valence electrons. The fraction of sp³-hybridized carbons (Fsp3) is 0.562. The number of hydrogen-bond donors (Lipinski definition) is 3. The fourth-order valence-electron chi connectivity index (χ4n) is 2.81. The Morgan fingerprint density at radius 3 is 2.67 bits per heavy atom. The van der Waals surface area contributed by atoms with E-state index in [-0.39, 0.29) is 12.2 Å². The van der Waals surface area contributed by atoms with E-state index in [4.69, 9.17) is 0 Å². The number of sulfonamides is 1. The van der Waals surface area contributed by atoms with Crippen molar-refractivity contribution in [1.82, 2.24) is 5.32 Å². The summed E-state index contributed by atoms with van der Waals surface area (Å²) in [7, 11) is -3.79. The molecule has 1 aromatic rings. The molecule has 0 spiro atoms. The Morgan fingerprint density at radius 2 is 2.04 bits per heavy atom. The lowest BCUT2D eigenvalue weighted by Crippen LogP contribution is -2.43. The molecule has 0 aliphatic heterocycles. The lowest BCUT2D eigenvalue weighted by atomic mass is 10.0. The van der Waals surface area contributed by atoms with Gasteiger partial charge in [-0.3, -0.25) is 9.52 Å². The number of benzene rings is 1. The van der Waals surface area contributed by atoms with E-state index in [0.29, 0.717) is 12.8 Å². The molecule has 0 bridgehead atoms. The van der Waals surface area contributed by atoms with Crippen molar-refractivity contribution in [2.24, 2.45) is 5.92 Å². The number of nitrogens with one attached hydrogen (secondary N) is 2. The molecule has 2 rings (SSSR count). The minimum Gasteiger partial charge on any atom is -0.388 e. The monoisotopic (exact) mass is 358 g/mol. The van der Waals surface area contributed by atoms with Crippen molar-refractivity contribution in [3.63, 3.8) is 0 Å². The number of amides is 1. The highest BCUT2D eigenvalue weighted by atomic mass is 32.2. The third-order valence-corrected chi connectivity index (χ3v) is 5.63. The molecule has 24 heavy (non-hydrogen) atoms. The van der Waals surface area contributed by atoms with E-state index in [1.54, 1.807) is 0 Å². The highest BCUT2D eigenvalue weighted by molar-refractivity contribution is 7.92. The second kappa shape index (κ2) is 7.48. The van der Waals surface area contributed by atoms with Crippen LogP contribution in [0, 0.1) is 11.7 Å². The summed E-state index contributed by atoms with van der Waals surface area (Å²) in [6.07, 6.45) is 3.13. The normalized spacial score (nSPS) is 18.1. The Kier molecular flexibility index (Phi) is 5.82. The Hall–Kier alpha value is -1.67. The van der Waals surface area contributed by atoms with Crippen molar-refractivity contribution in [3.8, 4) is 0 Å². The lowest BCUT2D eigenvalue weighted by molar-refractivity contribution is -0.125. The van der Waals surface area contributed by atoms with Gasteiger partial charge in [0.15, 0.2) is 0 Å². The molecule has 1 unspecified atom stereocenters. The smallest absolute Gasteiger partial charge is 0.233 e. The molecule has 1 fully saturated rings. The summed E-state index contributed by atoms with van der Waals surface area (Å²) in [4.78, 5) is 12.1. The Morgan fingerprint density at radius 1 is 1.38 bits per heavy atom. The van der Waals surface area contributed by atoms with Crippen LogP contribution >= 0.6 is 0 Å². The third kappa shape index (κ3) is 5.45. The quantitative estimate of drug-likeness (QED) is 0.690. The minimum absolute atomic E-state index is 0.114. The molecular formula is C16H23FN2O4S. The molecule has 1 aliphatic rings. The van der Waals surface area contributed by atoms with Gasteiger partial charge in [0.05, 0.1) is 23.0 Å². The SMILES string of the molecule is CC(CS(=O)(=O)Nc1cccc(F)c1)C(=O)NCC1(O)CCCC1. The maximum atomic E-state index is 13.1. The molecule has 1 atom stereocenters. The standard InChI is InChI=1S/C16H23FN2O4S/c1-12(15(20)18-11-16(21)7-2-3-8-16)10-24(22,23)19-14-6-4-5-13(17)9-14/h4-6,9,12,19,21H,2-3,7-8,10-11H2,1H3,(H,18,20). The van der Waals surface area contributed by atoms with Crippen molar-refractivity contribution in [1.29, 1.82) is 0 Å². The summed E-state index contributed by atoms with van der Waals surface area (Å²) in [6.45, 7) is 1.63. The highest BCUT2D eigenvalue weighted by Gasteiger charge is 2.32. The highest BCUT2D eigenvalue weighted by Crippen LogP contribution is 2.28. The van der Waals surface area contributed by atoms with Crippen LogP contribution in [0.25, 0.3) is 0 Å². The van der Waals surface area contributed by atoms with Gasteiger partial charge in [0, 0.05) is 6.54 Å². The van der Waals surface area contributed by atoms with E-state index in [9.17, 15) is 22.7 Å². The van der Waals surface area contributed by atoms with Gasteiger partial charge in [-0.1, -0.05) is 25.8 Å². The van der Waals surface area contributed by atoms with Gasteiger partial charge in [0.2, 0.25) is 15.9 Å². The number of aliphatic hydroxyl groups is 1. The molecule has 6 nitrogen and oxygen atoms in total. The van der Waals surface area contributed by atoms with E-state index >= 15 is 0 Å². The summed E-state index contributed by atoms with van der Waals surface area (Å²) in [5.74, 6) is -2.19. The zero-order valence-electron chi connectivity index (χ0n) is 13.6. The maximum absolute atomic E-state index is 13.1. The third-order valence-electron chi connectivity index (χ3n) is 4.14. The van der Waals surface area contributed by atoms with E-state index in [1.165, 1.54) is 25.1 Å². The first kappa shape index (κ1) is 18.7. The topological polar surface area (TPSA) is 95.5 Å². The van der Waals surface area contributed by atoms with Crippen LogP contribution in [-0.4, -0.2) is 37.3 Å². The molecule has 1 aromatic carbocycles. The van der Waals surface area contributed by atoms with E-state index in [2.05, 4.69) is 10.0 Å². The van der Waals surface area contributed by atoms with Crippen LogP contribution in [-0.2, 0) is 14.8 Å². The summed E-state index contributed by atoms with van der Waals surface area (Å²) in [6, 6.07) is 5.10.